The highest BCUT2D eigenvalue weighted by Crippen LogP contribution is 2.31. The molecule has 2 heterocycles. The number of hydrogen-bond acceptors (Lipinski definition) is 6. The Morgan fingerprint density at radius 1 is 1.26 bits per heavy atom. The van der Waals surface area contributed by atoms with Crippen molar-refractivity contribution in [3.8, 4) is 11.8 Å². The number of nitrogens with zero attached hydrogens (tertiary/aromatic N) is 4. The highest BCUT2D eigenvalue weighted by atomic mass is 35.5. The Hall–Kier alpha value is -2.59. The molecule has 2 fully saturated rings. The number of aromatic nitrogens is 2. The molecule has 1 aromatic carbocycles. The Labute approximate surface area is 161 Å². The third-order valence-electron chi connectivity index (χ3n) is 4.72. The minimum atomic E-state index is -0.446. The van der Waals surface area contributed by atoms with Crippen LogP contribution in [0.4, 0.5) is 16.0 Å². The Balaban J connectivity index is 1.42. The van der Waals surface area contributed by atoms with E-state index < -0.39 is 5.82 Å². The predicted molar refractivity (Wildman–Crippen MR) is 101 cm³/mol. The zero-order valence-corrected chi connectivity index (χ0v) is 15.4. The molecule has 0 atom stereocenters. The number of benzene rings is 1. The molecular weight excluding hydrogens is 369 g/mol. The average Bonchev–Trinajstić information content (AvgIpc) is 3.49. The van der Waals surface area contributed by atoms with Gasteiger partial charge in [-0.1, -0.05) is 11.6 Å². The van der Waals surface area contributed by atoms with E-state index in [4.69, 9.17) is 21.6 Å². The van der Waals surface area contributed by atoms with Crippen molar-refractivity contribution < 1.29 is 9.13 Å². The quantitative estimate of drug-likeness (QED) is 0.841. The van der Waals surface area contributed by atoms with E-state index in [1.165, 1.54) is 12.3 Å². The first-order valence-corrected chi connectivity index (χ1v) is 9.40. The van der Waals surface area contributed by atoms with Gasteiger partial charge in [-0.2, -0.15) is 5.26 Å². The number of anilines is 2. The van der Waals surface area contributed by atoms with Crippen molar-refractivity contribution in [3.05, 3.63) is 40.9 Å². The number of halogens is 2. The molecule has 2 aliphatic rings. The van der Waals surface area contributed by atoms with Gasteiger partial charge in [-0.25, -0.2) is 14.4 Å². The third kappa shape index (κ3) is 4.22. The zero-order chi connectivity index (χ0) is 18.8. The van der Waals surface area contributed by atoms with Gasteiger partial charge in [0, 0.05) is 37.0 Å². The summed E-state index contributed by atoms with van der Waals surface area (Å²) in [5.41, 5.74) is 0.304. The third-order valence-corrected chi connectivity index (χ3v) is 4.95. The molecule has 1 N–H and O–H groups in total. The van der Waals surface area contributed by atoms with Crippen LogP contribution in [-0.4, -0.2) is 35.2 Å². The van der Waals surface area contributed by atoms with Crippen LogP contribution in [0.25, 0.3) is 0 Å². The molecule has 0 unspecified atom stereocenters. The van der Waals surface area contributed by atoms with Crippen LogP contribution >= 0.6 is 11.6 Å². The van der Waals surface area contributed by atoms with E-state index in [0.717, 1.165) is 44.6 Å². The van der Waals surface area contributed by atoms with E-state index in [2.05, 4.69) is 20.2 Å². The van der Waals surface area contributed by atoms with Crippen molar-refractivity contribution in [2.24, 2.45) is 0 Å². The number of nitrogens with one attached hydrogen (secondary N) is 1. The number of nitriles is 1. The second-order valence-corrected chi connectivity index (χ2v) is 7.27. The maximum Gasteiger partial charge on any atom is 0.171 e. The fourth-order valence-corrected chi connectivity index (χ4v) is 3.28. The van der Waals surface area contributed by atoms with Gasteiger partial charge in [-0.3, -0.25) is 0 Å². The fourth-order valence-electron chi connectivity index (χ4n) is 3.12. The van der Waals surface area contributed by atoms with Crippen LogP contribution in [0.1, 0.15) is 31.4 Å². The molecule has 27 heavy (non-hydrogen) atoms. The summed E-state index contributed by atoms with van der Waals surface area (Å²) in [7, 11) is 0. The lowest BCUT2D eigenvalue weighted by molar-refractivity contribution is 0.163. The Kier molecular flexibility index (Phi) is 4.99. The van der Waals surface area contributed by atoms with E-state index >= 15 is 0 Å². The minimum absolute atomic E-state index is 0.0666. The Morgan fingerprint density at radius 2 is 2.04 bits per heavy atom. The molecule has 1 saturated heterocycles. The molecule has 4 rings (SSSR count). The summed E-state index contributed by atoms with van der Waals surface area (Å²) in [5, 5.41) is 12.8. The first-order valence-electron chi connectivity index (χ1n) is 9.02. The van der Waals surface area contributed by atoms with E-state index in [9.17, 15) is 4.39 Å². The Bertz CT molecular complexity index is 875. The smallest absolute Gasteiger partial charge is 0.171 e. The molecule has 0 spiro atoms. The lowest BCUT2D eigenvalue weighted by Gasteiger charge is -2.33. The standard InChI is InChI=1S/C19H19ClFN5O/c20-12-1-4-17(16(21)9-12)27-15-5-7-26(8-6-15)19-18(24-13-2-3-13)25-14(10-22)11-23-19/h1,4,9,11,13,15H,2-3,5-8H2,(H,24,25). The summed E-state index contributed by atoms with van der Waals surface area (Å²) in [6, 6.07) is 6.90. The summed E-state index contributed by atoms with van der Waals surface area (Å²) in [6.07, 6.45) is 5.14. The van der Waals surface area contributed by atoms with Gasteiger partial charge >= 0.3 is 0 Å². The molecule has 140 valence electrons. The number of ether oxygens (including phenoxy) is 1. The van der Waals surface area contributed by atoms with Gasteiger partial charge in [0.25, 0.3) is 0 Å². The highest BCUT2D eigenvalue weighted by molar-refractivity contribution is 6.30. The van der Waals surface area contributed by atoms with Crippen molar-refractivity contribution >= 4 is 23.2 Å². The van der Waals surface area contributed by atoms with Gasteiger partial charge < -0.3 is 15.0 Å². The van der Waals surface area contributed by atoms with E-state index in [1.54, 1.807) is 12.1 Å². The number of piperidine rings is 1. The maximum atomic E-state index is 13.9. The van der Waals surface area contributed by atoms with Gasteiger partial charge in [0.1, 0.15) is 12.2 Å². The van der Waals surface area contributed by atoms with Crippen molar-refractivity contribution in [3.63, 3.8) is 0 Å². The molecule has 0 amide bonds. The molecule has 1 aliphatic carbocycles. The molecule has 0 radical (unpaired) electrons. The van der Waals surface area contributed by atoms with E-state index in [1.807, 2.05) is 6.07 Å². The van der Waals surface area contributed by atoms with Crippen molar-refractivity contribution in [1.82, 2.24) is 9.97 Å². The van der Waals surface area contributed by atoms with Gasteiger partial charge in [0.2, 0.25) is 0 Å². The highest BCUT2D eigenvalue weighted by Gasteiger charge is 2.28. The summed E-state index contributed by atoms with van der Waals surface area (Å²) in [6.45, 7) is 1.44. The Morgan fingerprint density at radius 3 is 2.70 bits per heavy atom. The fraction of sp³-hybridized carbons (Fsp3) is 0.421. The minimum Gasteiger partial charge on any atom is -0.487 e. The summed E-state index contributed by atoms with van der Waals surface area (Å²) in [5.74, 6) is 1.21. The molecule has 1 aliphatic heterocycles. The van der Waals surface area contributed by atoms with Crippen LogP contribution in [0.2, 0.25) is 5.02 Å². The first-order chi connectivity index (χ1) is 13.1. The average molecular weight is 388 g/mol. The van der Waals surface area contributed by atoms with Crippen LogP contribution in [0.15, 0.2) is 24.4 Å². The van der Waals surface area contributed by atoms with Gasteiger partial charge in [-0.05, 0) is 31.0 Å². The molecule has 1 saturated carbocycles. The topological polar surface area (TPSA) is 74.1 Å². The molecule has 6 nitrogen and oxygen atoms in total. The lowest BCUT2D eigenvalue weighted by atomic mass is 10.1. The maximum absolute atomic E-state index is 13.9. The first kappa shape index (κ1) is 17.8. The lowest BCUT2D eigenvalue weighted by Crippen LogP contribution is -2.39. The van der Waals surface area contributed by atoms with E-state index in [-0.39, 0.29) is 11.9 Å². The van der Waals surface area contributed by atoms with Crippen LogP contribution in [-0.2, 0) is 0 Å². The molecule has 0 bridgehead atoms. The summed E-state index contributed by atoms with van der Waals surface area (Å²) < 4.78 is 19.7. The zero-order valence-electron chi connectivity index (χ0n) is 14.7. The van der Waals surface area contributed by atoms with E-state index in [0.29, 0.717) is 22.6 Å². The number of rotatable bonds is 5. The molecular formula is C19H19ClFN5O. The van der Waals surface area contributed by atoms with Crippen LogP contribution < -0.4 is 15.0 Å². The van der Waals surface area contributed by atoms with Crippen molar-refractivity contribution in [1.29, 1.82) is 5.26 Å². The van der Waals surface area contributed by atoms with Crippen LogP contribution in [0.3, 0.4) is 0 Å². The number of hydrogen-bond donors (Lipinski definition) is 1. The SMILES string of the molecule is N#Cc1cnc(N2CCC(Oc3ccc(Cl)cc3F)CC2)c(NC2CC2)n1. The monoisotopic (exact) mass is 387 g/mol. The predicted octanol–water partition coefficient (Wildman–Crippen LogP) is 3.76. The van der Waals surface area contributed by atoms with Crippen molar-refractivity contribution in [2.75, 3.05) is 23.3 Å². The molecule has 1 aromatic heterocycles. The van der Waals surface area contributed by atoms with Gasteiger partial charge in [0.15, 0.2) is 28.9 Å². The van der Waals surface area contributed by atoms with Gasteiger partial charge in [-0.15, -0.1) is 0 Å². The molecule has 8 heteroatoms. The van der Waals surface area contributed by atoms with Gasteiger partial charge in [0.05, 0.1) is 6.20 Å². The summed E-state index contributed by atoms with van der Waals surface area (Å²) >= 11 is 5.78. The molecule has 2 aromatic rings. The summed E-state index contributed by atoms with van der Waals surface area (Å²) in [4.78, 5) is 11.0. The van der Waals surface area contributed by atoms with Crippen molar-refractivity contribution in [2.45, 2.75) is 37.8 Å². The normalized spacial score (nSPS) is 17.4. The largest absolute Gasteiger partial charge is 0.487 e. The van der Waals surface area contributed by atoms with Crippen LogP contribution in [0, 0.1) is 17.1 Å². The van der Waals surface area contributed by atoms with Crippen LogP contribution in [0.5, 0.6) is 5.75 Å². The second kappa shape index (κ2) is 7.57. The second-order valence-electron chi connectivity index (χ2n) is 6.84.